The van der Waals surface area contributed by atoms with E-state index < -0.39 is 35.6 Å². The van der Waals surface area contributed by atoms with E-state index in [9.17, 15) is 19.5 Å². The molecule has 2 unspecified atom stereocenters. The quantitative estimate of drug-likeness (QED) is 0.286. The Hall–Kier alpha value is -3.91. The lowest BCUT2D eigenvalue weighted by atomic mass is 9.93. The van der Waals surface area contributed by atoms with Crippen LogP contribution in [0.4, 0.5) is 10.5 Å². The number of nitrogens with one attached hydrogen (secondary N) is 2. The van der Waals surface area contributed by atoms with Crippen LogP contribution >= 0.6 is 0 Å². The number of rotatable bonds is 10. The number of carbonyl (C=O) groups is 3. The van der Waals surface area contributed by atoms with E-state index >= 15 is 0 Å². The van der Waals surface area contributed by atoms with Gasteiger partial charge < -0.3 is 25.4 Å². The van der Waals surface area contributed by atoms with Crippen LogP contribution in [-0.4, -0.2) is 52.7 Å². The fourth-order valence-corrected chi connectivity index (χ4v) is 4.98. The maximum Gasteiger partial charge on any atom is 0.408 e. The summed E-state index contributed by atoms with van der Waals surface area (Å²) in [5, 5.41) is 17.8. The van der Waals surface area contributed by atoms with Crippen LogP contribution in [0.5, 0.6) is 0 Å². The van der Waals surface area contributed by atoms with Crippen LogP contribution in [0.1, 0.15) is 63.8 Å². The number of fused-ring (bicyclic) bond motifs is 1. The summed E-state index contributed by atoms with van der Waals surface area (Å²) in [6, 6.07) is 17.2. The molecule has 0 fully saturated rings. The number of aliphatic hydroxyl groups excluding tert-OH is 1. The van der Waals surface area contributed by atoms with Crippen LogP contribution in [0, 0.1) is 19.8 Å². The van der Waals surface area contributed by atoms with Gasteiger partial charge in [0.25, 0.3) is 5.91 Å². The van der Waals surface area contributed by atoms with Gasteiger partial charge in [-0.25, -0.2) is 4.79 Å². The zero-order valence-corrected chi connectivity index (χ0v) is 25.2. The molecule has 0 aromatic heterocycles. The molecular formula is C33H43N3O5. The van der Waals surface area contributed by atoms with Crippen LogP contribution in [0.2, 0.25) is 0 Å². The first-order valence-corrected chi connectivity index (χ1v) is 14.1. The monoisotopic (exact) mass is 561 g/mol. The van der Waals surface area contributed by atoms with Crippen molar-refractivity contribution in [2.75, 3.05) is 18.5 Å². The molecule has 3 N–H and O–H groups in total. The average Bonchev–Trinajstić information content (AvgIpc) is 2.87. The summed E-state index contributed by atoms with van der Waals surface area (Å²) in [6.07, 6.45) is -0.393. The second-order valence-corrected chi connectivity index (χ2v) is 11.8. The van der Waals surface area contributed by atoms with Crippen molar-refractivity contribution in [2.45, 2.75) is 72.6 Å². The maximum atomic E-state index is 14.2. The first kappa shape index (κ1) is 31.6. The molecular weight excluding hydrogens is 518 g/mol. The Morgan fingerprint density at radius 3 is 2.15 bits per heavy atom. The molecule has 3 amide bonds. The Kier molecular flexibility index (Phi) is 10.5. The zero-order valence-electron chi connectivity index (χ0n) is 25.2. The third-order valence-electron chi connectivity index (χ3n) is 6.71. The topological polar surface area (TPSA) is 108 Å². The van der Waals surface area contributed by atoms with Crippen molar-refractivity contribution in [3.8, 4) is 0 Å². The van der Waals surface area contributed by atoms with E-state index in [1.807, 2.05) is 88.4 Å². The van der Waals surface area contributed by atoms with Gasteiger partial charge in [-0.05, 0) is 86.6 Å². The van der Waals surface area contributed by atoms with Crippen molar-refractivity contribution < 1.29 is 24.2 Å². The molecule has 0 aliphatic carbocycles. The standard InChI is InChI=1S/C33H43N3O5/c1-21(2)19-27(35-32(40)41-33(5,6)7)31(39)36(17-18-37)29(28-22(3)11-10-12-23(28)4)30(38)34-26-16-15-24-13-8-9-14-25(24)20-26/h8-16,20-21,27,29,37H,17-19H2,1-7H3,(H,34,38)(H,35,40). The first-order chi connectivity index (χ1) is 19.3. The predicted molar refractivity (Wildman–Crippen MR) is 163 cm³/mol. The summed E-state index contributed by atoms with van der Waals surface area (Å²) >= 11 is 0. The fourth-order valence-electron chi connectivity index (χ4n) is 4.98. The predicted octanol–water partition coefficient (Wildman–Crippen LogP) is 5.90. The molecule has 0 saturated carbocycles. The number of nitrogens with zero attached hydrogens (tertiary/aromatic N) is 1. The van der Waals surface area contributed by atoms with Gasteiger partial charge in [0, 0.05) is 12.2 Å². The van der Waals surface area contributed by atoms with Crippen LogP contribution < -0.4 is 10.6 Å². The van der Waals surface area contributed by atoms with E-state index in [1.54, 1.807) is 20.8 Å². The molecule has 8 heteroatoms. The highest BCUT2D eigenvalue weighted by Gasteiger charge is 2.37. The highest BCUT2D eigenvalue weighted by atomic mass is 16.6. The molecule has 3 aromatic carbocycles. The zero-order chi connectivity index (χ0) is 30.3. The number of alkyl carbamates (subject to hydrolysis) is 1. The number of carbonyl (C=O) groups excluding carboxylic acids is 3. The Morgan fingerprint density at radius 2 is 1.56 bits per heavy atom. The third-order valence-corrected chi connectivity index (χ3v) is 6.71. The van der Waals surface area contributed by atoms with Gasteiger partial charge in [-0.2, -0.15) is 0 Å². The van der Waals surface area contributed by atoms with Crippen molar-refractivity contribution in [1.82, 2.24) is 10.2 Å². The largest absolute Gasteiger partial charge is 0.444 e. The summed E-state index contributed by atoms with van der Waals surface area (Å²) < 4.78 is 5.44. The summed E-state index contributed by atoms with van der Waals surface area (Å²) in [7, 11) is 0. The van der Waals surface area contributed by atoms with Gasteiger partial charge in [0.1, 0.15) is 17.7 Å². The minimum Gasteiger partial charge on any atom is -0.444 e. The van der Waals surface area contributed by atoms with Crippen LogP contribution in [0.25, 0.3) is 10.8 Å². The average molecular weight is 562 g/mol. The van der Waals surface area contributed by atoms with Gasteiger partial charge in [-0.1, -0.05) is 62.4 Å². The molecule has 41 heavy (non-hydrogen) atoms. The van der Waals surface area contributed by atoms with Crippen LogP contribution in [0.15, 0.2) is 60.7 Å². The number of hydrogen-bond acceptors (Lipinski definition) is 5. The second kappa shape index (κ2) is 13.6. The van der Waals surface area contributed by atoms with Gasteiger partial charge in [0.2, 0.25) is 5.91 Å². The molecule has 0 saturated heterocycles. The van der Waals surface area contributed by atoms with E-state index in [4.69, 9.17) is 4.74 Å². The Balaban J connectivity index is 2.05. The normalized spacial score (nSPS) is 13.0. The van der Waals surface area contributed by atoms with E-state index in [1.165, 1.54) is 4.90 Å². The van der Waals surface area contributed by atoms with Crippen molar-refractivity contribution in [3.05, 3.63) is 77.4 Å². The number of benzene rings is 3. The molecule has 3 aromatic rings. The third kappa shape index (κ3) is 8.54. The lowest BCUT2D eigenvalue weighted by Crippen LogP contribution is -2.53. The van der Waals surface area contributed by atoms with Crippen molar-refractivity contribution >= 4 is 34.4 Å². The van der Waals surface area contributed by atoms with E-state index in [2.05, 4.69) is 10.6 Å². The second-order valence-electron chi connectivity index (χ2n) is 11.8. The van der Waals surface area contributed by atoms with Gasteiger partial charge in [-0.15, -0.1) is 0 Å². The Morgan fingerprint density at radius 1 is 0.927 bits per heavy atom. The number of anilines is 1. The minimum absolute atomic E-state index is 0.0555. The van der Waals surface area contributed by atoms with Crippen molar-refractivity contribution in [2.24, 2.45) is 5.92 Å². The van der Waals surface area contributed by atoms with E-state index in [-0.39, 0.29) is 19.1 Å². The number of hydrogen-bond donors (Lipinski definition) is 3. The number of ether oxygens (including phenoxy) is 1. The van der Waals surface area contributed by atoms with Crippen LogP contribution in [-0.2, 0) is 14.3 Å². The Bertz CT molecular complexity index is 1360. The summed E-state index contributed by atoms with van der Waals surface area (Å²) in [5.41, 5.74) is 2.18. The lowest BCUT2D eigenvalue weighted by Gasteiger charge is -2.35. The summed E-state index contributed by atoms with van der Waals surface area (Å²) in [5.74, 6) is -0.833. The molecule has 0 aliphatic rings. The number of aliphatic hydroxyl groups is 1. The SMILES string of the molecule is Cc1cccc(C)c1C(C(=O)Nc1ccc2ccccc2c1)N(CCO)C(=O)C(CC(C)C)NC(=O)OC(C)(C)C. The maximum absolute atomic E-state index is 14.2. The van der Waals surface area contributed by atoms with Gasteiger partial charge >= 0.3 is 6.09 Å². The molecule has 0 bridgehead atoms. The molecule has 0 heterocycles. The highest BCUT2D eigenvalue weighted by molar-refractivity contribution is 6.00. The van der Waals surface area contributed by atoms with E-state index in [0.717, 1.165) is 21.9 Å². The first-order valence-electron chi connectivity index (χ1n) is 14.1. The lowest BCUT2D eigenvalue weighted by molar-refractivity contribution is -0.141. The molecule has 0 spiro atoms. The van der Waals surface area contributed by atoms with Gasteiger partial charge in [-0.3, -0.25) is 9.59 Å². The molecule has 220 valence electrons. The van der Waals surface area contributed by atoms with Crippen molar-refractivity contribution in [3.63, 3.8) is 0 Å². The van der Waals surface area contributed by atoms with Crippen molar-refractivity contribution in [1.29, 1.82) is 0 Å². The molecule has 0 aliphatic heterocycles. The van der Waals surface area contributed by atoms with Gasteiger partial charge in [0.15, 0.2) is 0 Å². The van der Waals surface area contributed by atoms with Crippen LogP contribution in [0.3, 0.4) is 0 Å². The molecule has 2 atom stereocenters. The minimum atomic E-state index is -1.06. The molecule has 8 nitrogen and oxygen atoms in total. The van der Waals surface area contributed by atoms with Gasteiger partial charge in [0.05, 0.1) is 6.61 Å². The molecule has 3 rings (SSSR count). The Labute approximate surface area is 243 Å². The fraction of sp³-hybridized carbons (Fsp3) is 0.424. The number of amides is 3. The number of aryl methyl sites for hydroxylation is 2. The highest BCUT2D eigenvalue weighted by Crippen LogP contribution is 2.30. The van der Waals surface area contributed by atoms with E-state index in [0.29, 0.717) is 17.7 Å². The smallest absolute Gasteiger partial charge is 0.408 e. The summed E-state index contributed by atoms with van der Waals surface area (Å²) in [6.45, 7) is 12.5. The molecule has 0 radical (unpaired) electrons. The summed E-state index contributed by atoms with van der Waals surface area (Å²) in [4.78, 5) is 42.4.